The molecule has 0 saturated heterocycles. The van der Waals surface area contributed by atoms with Crippen molar-refractivity contribution in [1.29, 1.82) is 0 Å². The van der Waals surface area contributed by atoms with Crippen molar-refractivity contribution in [3.05, 3.63) is 12.3 Å². The molecular weight excluding hydrogens is 116 g/mol. The lowest BCUT2D eigenvalue weighted by molar-refractivity contribution is 0.0898. The Hall–Kier alpha value is -0.540. The van der Waals surface area contributed by atoms with E-state index < -0.39 is 0 Å². The summed E-state index contributed by atoms with van der Waals surface area (Å²) >= 11 is 0. The minimum atomic E-state index is 0.643. The lowest BCUT2D eigenvalue weighted by Crippen LogP contribution is -2.20. The Morgan fingerprint density at radius 1 is 1.67 bits per heavy atom. The van der Waals surface area contributed by atoms with Gasteiger partial charge in [0, 0.05) is 13.7 Å². The third-order valence-corrected chi connectivity index (χ3v) is 0.903. The lowest BCUT2D eigenvalue weighted by Gasteiger charge is -2.11. The van der Waals surface area contributed by atoms with E-state index in [4.69, 9.17) is 10.5 Å². The van der Waals surface area contributed by atoms with Crippen LogP contribution in [0, 0.1) is 0 Å². The van der Waals surface area contributed by atoms with Gasteiger partial charge >= 0.3 is 0 Å². The average Bonchev–Trinajstić information content (AvgIpc) is 1.85. The van der Waals surface area contributed by atoms with Gasteiger partial charge in [-0.05, 0) is 13.2 Å². The zero-order valence-corrected chi connectivity index (χ0v) is 6.00. The molecule has 0 unspecified atom stereocenters. The maximum absolute atomic E-state index is 5.12. The highest BCUT2D eigenvalue weighted by Crippen LogP contribution is 1.80. The predicted octanol–water partition coefficient (Wildman–Crippen LogP) is -0.00550. The molecule has 0 aromatic heterocycles. The second-order valence-electron chi connectivity index (χ2n) is 1.88. The van der Waals surface area contributed by atoms with Crippen molar-refractivity contribution in [3.63, 3.8) is 0 Å². The molecule has 0 saturated carbocycles. The molecular formula is C6H14N2O. The van der Waals surface area contributed by atoms with Crippen LogP contribution in [-0.2, 0) is 4.74 Å². The zero-order valence-electron chi connectivity index (χ0n) is 6.00. The van der Waals surface area contributed by atoms with Gasteiger partial charge in [0.05, 0.1) is 6.73 Å². The molecule has 0 spiro atoms. The molecule has 0 heterocycles. The first-order valence-corrected chi connectivity index (χ1v) is 2.85. The van der Waals surface area contributed by atoms with Crippen LogP contribution < -0.4 is 5.73 Å². The maximum atomic E-state index is 5.12. The second-order valence-corrected chi connectivity index (χ2v) is 1.88. The van der Waals surface area contributed by atoms with E-state index >= 15 is 0 Å². The van der Waals surface area contributed by atoms with Crippen molar-refractivity contribution in [2.75, 3.05) is 27.4 Å². The number of likely N-dealkylation sites (N-methyl/N-ethyl adjacent to an activating group) is 1. The molecule has 0 amide bonds. The van der Waals surface area contributed by atoms with Crippen molar-refractivity contribution in [2.45, 2.75) is 0 Å². The largest absolute Gasteiger partial charge is 0.405 e. The van der Waals surface area contributed by atoms with Crippen LogP contribution in [0.4, 0.5) is 0 Å². The van der Waals surface area contributed by atoms with E-state index in [1.807, 2.05) is 18.0 Å². The molecule has 0 aliphatic carbocycles. The van der Waals surface area contributed by atoms with Crippen LogP contribution in [0.25, 0.3) is 0 Å². The standard InChI is InChI=1S/C6H14N2O/c1-8(6-9-2)5-3-4-7/h3-4H,5-7H2,1-2H3/b4-3-. The van der Waals surface area contributed by atoms with Crippen LogP contribution in [-0.4, -0.2) is 32.3 Å². The molecule has 0 aromatic carbocycles. The molecule has 9 heavy (non-hydrogen) atoms. The summed E-state index contributed by atoms with van der Waals surface area (Å²) in [6.45, 7) is 1.48. The van der Waals surface area contributed by atoms with Crippen molar-refractivity contribution < 1.29 is 4.74 Å². The van der Waals surface area contributed by atoms with Gasteiger partial charge in [-0.25, -0.2) is 0 Å². The van der Waals surface area contributed by atoms with E-state index in [0.29, 0.717) is 6.73 Å². The summed E-state index contributed by atoms with van der Waals surface area (Å²) in [6, 6.07) is 0. The minimum Gasteiger partial charge on any atom is -0.405 e. The average molecular weight is 130 g/mol. The topological polar surface area (TPSA) is 38.5 Å². The monoisotopic (exact) mass is 130 g/mol. The third kappa shape index (κ3) is 5.33. The number of methoxy groups -OCH3 is 1. The van der Waals surface area contributed by atoms with Crippen LogP contribution in [0.5, 0.6) is 0 Å². The molecule has 0 radical (unpaired) electrons. The summed E-state index contributed by atoms with van der Waals surface area (Å²) in [5, 5.41) is 0. The van der Waals surface area contributed by atoms with Crippen molar-refractivity contribution in [2.24, 2.45) is 5.73 Å². The Bertz CT molecular complexity index is 83.1. The first-order chi connectivity index (χ1) is 4.31. The summed E-state index contributed by atoms with van der Waals surface area (Å²) in [4.78, 5) is 2.00. The van der Waals surface area contributed by atoms with Crippen LogP contribution in [0.1, 0.15) is 0 Å². The number of rotatable bonds is 4. The SMILES string of the molecule is COCN(C)C/C=C\N. The van der Waals surface area contributed by atoms with Gasteiger partial charge in [0.25, 0.3) is 0 Å². The molecule has 0 aliphatic heterocycles. The molecule has 54 valence electrons. The molecule has 0 bridgehead atoms. The first kappa shape index (κ1) is 8.46. The van der Waals surface area contributed by atoms with Gasteiger partial charge in [0.15, 0.2) is 0 Å². The number of hydrogen-bond acceptors (Lipinski definition) is 3. The zero-order chi connectivity index (χ0) is 7.11. The van der Waals surface area contributed by atoms with Crippen molar-refractivity contribution in [1.82, 2.24) is 4.90 Å². The number of ether oxygens (including phenoxy) is 1. The quantitative estimate of drug-likeness (QED) is 0.544. The van der Waals surface area contributed by atoms with E-state index in [1.54, 1.807) is 7.11 Å². The summed E-state index contributed by atoms with van der Waals surface area (Å²) in [5.41, 5.74) is 5.12. The number of nitrogens with two attached hydrogens (primary N) is 1. The fourth-order valence-corrected chi connectivity index (χ4v) is 0.514. The van der Waals surface area contributed by atoms with Crippen LogP contribution >= 0.6 is 0 Å². The molecule has 0 aliphatic rings. The Balaban J connectivity index is 3.15. The Morgan fingerprint density at radius 2 is 2.33 bits per heavy atom. The second kappa shape index (κ2) is 5.59. The maximum Gasteiger partial charge on any atom is 0.0986 e. The summed E-state index contributed by atoms with van der Waals surface area (Å²) in [7, 11) is 3.63. The van der Waals surface area contributed by atoms with Gasteiger partial charge < -0.3 is 10.5 Å². The summed E-state index contributed by atoms with van der Waals surface area (Å²) < 4.78 is 4.85. The van der Waals surface area contributed by atoms with Crippen molar-refractivity contribution in [3.8, 4) is 0 Å². The number of nitrogens with zero attached hydrogens (tertiary/aromatic N) is 1. The molecule has 2 N–H and O–H groups in total. The highest BCUT2D eigenvalue weighted by molar-refractivity contribution is 4.77. The highest BCUT2D eigenvalue weighted by Gasteiger charge is 1.89. The molecule has 0 aromatic rings. The Labute approximate surface area is 56.1 Å². The van der Waals surface area contributed by atoms with E-state index in [2.05, 4.69) is 0 Å². The van der Waals surface area contributed by atoms with Crippen molar-refractivity contribution >= 4 is 0 Å². The molecule has 0 rings (SSSR count). The van der Waals surface area contributed by atoms with Gasteiger partial charge in [0.1, 0.15) is 0 Å². The first-order valence-electron chi connectivity index (χ1n) is 2.85. The van der Waals surface area contributed by atoms with Gasteiger partial charge in [-0.2, -0.15) is 0 Å². The molecule has 3 heteroatoms. The normalized spacial score (nSPS) is 11.4. The van der Waals surface area contributed by atoms with E-state index in [-0.39, 0.29) is 0 Å². The highest BCUT2D eigenvalue weighted by atomic mass is 16.5. The predicted molar refractivity (Wildman–Crippen MR) is 37.8 cm³/mol. The van der Waals surface area contributed by atoms with E-state index in [9.17, 15) is 0 Å². The molecule has 3 nitrogen and oxygen atoms in total. The van der Waals surface area contributed by atoms with E-state index in [0.717, 1.165) is 6.54 Å². The fraction of sp³-hybridized carbons (Fsp3) is 0.667. The van der Waals surface area contributed by atoms with Crippen LogP contribution in [0.15, 0.2) is 12.3 Å². The Morgan fingerprint density at radius 3 is 2.78 bits per heavy atom. The van der Waals surface area contributed by atoms with Gasteiger partial charge in [-0.15, -0.1) is 0 Å². The molecule has 0 fully saturated rings. The van der Waals surface area contributed by atoms with E-state index in [1.165, 1.54) is 6.20 Å². The molecule has 0 atom stereocenters. The van der Waals surface area contributed by atoms with Gasteiger partial charge in [0.2, 0.25) is 0 Å². The van der Waals surface area contributed by atoms with Crippen LogP contribution in [0.3, 0.4) is 0 Å². The third-order valence-electron chi connectivity index (χ3n) is 0.903. The minimum absolute atomic E-state index is 0.643. The number of hydrogen-bond donors (Lipinski definition) is 1. The van der Waals surface area contributed by atoms with Gasteiger partial charge in [-0.1, -0.05) is 6.08 Å². The summed E-state index contributed by atoms with van der Waals surface area (Å²) in [5.74, 6) is 0. The van der Waals surface area contributed by atoms with Crippen LogP contribution in [0.2, 0.25) is 0 Å². The Kier molecular flexibility index (Phi) is 5.26. The smallest absolute Gasteiger partial charge is 0.0986 e. The van der Waals surface area contributed by atoms with Gasteiger partial charge in [-0.3, -0.25) is 4.90 Å². The fourth-order valence-electron chi connectivity index (χ4n) is 0.514. The summed E-state index contributed by atoms with van der Waals surface area (Å²) in [6.07, 6.45) is 3.41. The lowest BCUT2D eigenvalue weighted by atomic mass is 10.5.